The predicted octanol–water partition coefficient (Wildman–Crippen LogP) is 5.85. The number of hydrogen-bond donors (Lipinski definition) is 2. The molecular formula is C27H26ClN3O3S. The van der Waals surface area contributed by atoms with Gasteiger partial charge in [0.25, 0.3) is 0 Å². The second-order valence-corrected chi connectivity index (χ2v) is 9.69. The van der Waals surface area contributed by atoms with E-state index in [-0.39, 0.29) is 17.4 Å². The molecule has 1 atom stereocenters. The number of anilines is 1. The maximum atomic E-state index is 13.0. The zero-order valence-electron chi connectivity index (χ0n) is 19.6. The van der Waals surface area contributed by atoms with Crippen molar-refractivity contribution >= 4 is 40.7 Å². The number of para-hydroxylation sites is 1. The van der Waals surface area contributed by atoms with Gasteiger partial charge < -0.3 is 15.4 Å². The third-order valence-electron chi connectivity index (χ3n) is 6.08. The van der Waals surface area contributed by atoms with Crippen molar-refractivity contribution in [3.05, 3.63) is 80.5 Å². The number of thioether (sulfide) groups is 1. The standard InChI is InChI=1S/C27H26ClN3O3S/c1-3-34-23-13-5-4-8-17(23)25-18(14-29)27(31-21-11-7-12-22(32)26(21)25)35-15-24(33)30-20-10-6-9-19(28)16(20)2/h4-6,8-10,13,25,31H,3,7,11-12,15H2,1-2H3,(H,30,33)/t25-/m0/s1. The number of amides is 1. The molecule has 4 rings (SSSR count). The molecule has 35 heavy (non-hydrogen) atoms. The van der Waals surface area contributed by atoms with E-state index in [2.05, 4.69) is 16.7 Å². The van der Waals surface area contributed by atoms with Crippen LogP contribution in [0.5, 0.6) is 5.75 Å². The van der Waals surface area contributed by atoms with Crippen molar-refractivity contribution in [3.63, 3.8) is 0 Å². The predicted molar refractivity (Wildman–Crippen MR) is 139 cm³/mol. The van der Waals surface area contributed by atoms with E-state index >= 15 is 0 Å². The van der Waals surface area contributed by atoms with Crippen LogP contribution in [0, 0.1) is 18.3 Å². The number of nitrogens with one attached hydrogen (secondary N) is 2. The number of carbonyl (C=O) groups is 2. The van der Waals surface area contributed by atoms with E-state index in [0.29, 0.717) is 52.1 Å². The summed E-state index contributed by atoms with van der Waals surface area (Å²) in [6, 6.07) is 15.2. The van der Waals surface area contributed by atoms with Gasteiger partial charge >= 0.3 is 0 Å². The first-order chi connectivity index (χ1) is 16.9. The Morgan fingerprint density at radius 1 is 1.26 bits per heavy atom. The first-order valence-corrected chi connectivity index (χ1v) is 12.9. The van der Waals surface area contributed by atoms with Crippen LogP contribution >= 0.6 is 23.4 Å². The van der Waals surface area contributed by atoms with Crippen molar-refractivity contribution < 1.29 is 14.3 Å². The van der Waals surface area contributed by atoms with Crippen LogP contribution in [0.15, 0.2) is 64.3 Å². The van der Waals surface area contributed by atoms with Gasteiger partial charge in [-0.1, -0.05) is 47.6 Å². The van der Waals surface area contributed by atoms with E-state index < -0.39 is 5.92 Å². The number of halogens is 1. The molecular weight excluding hydrogens is 482 g/mol. The van der Waals surface area contributed by atoms with Crippen LogP contribution in [0.2, 0.25) is 5.02 Å². The molecule has 0 unspecified atom stereocenters. The molecule has 0 bridgehead atoms. The molecule has 0 saturated heterocycles. The molecule has 180 valence electrons. The lowest BCUT2D eigenvalue weighted by molar-refractivity contribution is -0.116. The minimum absolute atomic E-state index is 0.0426. The van der Waals surface area contributed by atoms with Gasteiger partial charge in [0.15, 0.2) is 5.78 Å². The number of benzene rings is 2. The number of nitriles is 1. The van der Waals surface area contributed by atoms with Gasteiger partial charge in [0.1, 0.15) is 5.75 Å². The lowest BCUT2D eigenvalue weighted by atomic mass is 9.76. The van der Waals surface area contributed by atoms with Crippen molar-refractivity contribution in [2.24, 2.45) is 0 Å². The van der Waals surface area contributed by atoms with Crippen LogP contribution in [0.4, 0.5) is 5.69 Å². The maximum Gasteiger partial charge on any atom is 0.234 e. The normalized spacial score (nSPS) is 17.4. The van der Waals surface area contributed by atoms with Crippen LogP contribution < -0.4 is 15.4 Å². The van der Waals surface area contributed by atoms with Gasteiger partial charge in [-0.05, 0) is 50.5 Å². The van der Waals surface area contributed by atoms with E-state index in [1.165, 1.54) is 11.8 Å². The number of Topliss-reactive ketones (excluding diaryl/α,β-unsaturated/α-hetero) is 1. The molecule has 0 spiro atoms. The summed E-state index contributed by atoms with van der Waals surface area (Å²) in [5, 5.41) is 17.6. The van der Waals surface area contributed by atoms with E-state index in [9.17, 15) is 14.9 Å². The van der Waals surface area contributed by atoms with E-state index in [4.69, 9.17) is 16.3 Å². The molecule has 2 aromatic carbocycles. The Balaban J connectivity index is 1.66. The van der Waals surface area contributed by atoms with E-state index in [1.807, 2.05) is 38.1 Å². The van der Waals surface area contributed by atoms with Gasteiger partial charge in [0, 0.05) is 34.0 Å². The first-order valence-electron chi connectivity index (χ1n) is 11.5. The second kappa shape index (κ2) is 11.0. The second-order valence-electron chi connectivity index (χ2n) is 8.30. The summed E-state index contributed by atoms with van der Waals surface area (Å²) < 4.78 is 5.85. The summed E-state index contributed by atoms with van der Waals surface area (Å²) in [5.41, 5.74) is 4.10. The highest BCUT2D eigenvalue weighted by molar-refractivity contribution is 8.03. The fourth-order valence-electron chi connectivity index (χ4n) is 4.42. The molecule has 0 radical (unpaired) electrons. The summed E-state index contributed by atoms with van der Waals surface area (Å²) in [6.07, 6.45) is 1.92. The Morgan fingerprint density at radius 2 is 2.06 bits per heavy atom. The molecule has 0 fully saturated rings. The van der Waals surface area contributed by atoms with Crippen molar-refractivity contribution in [2.45, 2.75) is 39.0 Å². The Labute approximate surface area is 214 Å². The summed E-state index contributed by atoms with van der Waals surface area (Å²) in [7, 11) is 0. The third kappa shape index (κ3) is 5.24. The Morgan fingerprint density at radius 3 is 2.83 bits per heavy atom. The topological polar surface area (TPSA) is 91.2 Å². The zero-order chi connectivity index (χ0) is 24.9. The van der Waals surface area contributed by atoms with Gasteiger partial charge in [-0.2, -0.15) is 5.26 Å². The minimum atomic E-state index is -0.535. The quantitative estimate of drug-likeness (QED) is 0.488. The number of ketones is 1. The smallest absolute Gasteiger partial charge is 0.234 e. The number of nitrogens with zero attached hydrogens (tertiary/aromatic N) is 1. The molecule has 2 aliphatic rings. The van der Waals surface area contributed by atoms with Crippen LogP contribution in [-0.2, 0) is 9.59 Å². The Kier molecular flexibility index (Phi) is 7.84. The molecule has 1 heterocycles. The minimum Gasteiger partial charge on any atom is -0.494 e. The fourth-order valence-corrected chi connectivity index (χ4v) is 5.46. The number of dihydropyridines is 1. The molecule has 8 heteroatoms. The largest absolute Gasteiger partial charge is 0.494 e. The van der Waals surface area contributed by atoms with Gasteiger partial charge in [-0.25, -0.2) is 0 Å². The summed E-state index contributed by atoms with van der Waals surface area (Å²) in [6.45, 7) is 4.22. The number of carbonyl (C=O) groups excluding carboxylic acids is 2. The van der Waals surface area contributed by atoms with Crippen LogP contribution in [0.1, 0.15) is 43.2 Å². The molecule has 0 aromatic heterocycles. The highest BCUT2D eigenvalue weighted by Gasteiger charge is 2.38. The lowest BCUT2D eigenvalue weighted by Crippen LogP contribution is -2.32. The number of rotatable bonds is 7. The van der Waals surface area contributed by atoms with Crippen molar-refractivity contribution in [2.75, 3.05) is 17.7 Å². The summed E-state index contributed by atoms with van der Waals surface area (Å²) in [5.74, 6) is 0.0419. The van der Waals surface area contributed by atoms with Crippen molar-refractivity contribution in [1.82, 2.24) is 5.32 Å². The number of hydrogen-bond acceptors (Lipinski definition) is 6. The van der Waals surface area contributed by atoms with E-state index in [0.717, 1.165) is 23.2 Å². The third-order valence-corrected chi connectivity index (χ3v) is 7.51. The molecule has 1 aliphatic heterocycles. The average Bonchev–Trinajstić information content (AvgIpc) is 2.85. The van der Waals surface area contributed by atoms with Gasteiger partial charge in [0.2, 0.25) is 5.91 Å². The number of allylic oxidation sites excluding steroid dienone is 3. The average molecular weight is 508 g/mol. The maximum absolute atomic E-state index is 13.0. The lowest BCUT2D eigenvalue weighted by Gasteiger charge is -2.33. The molecule has 0 saturated carbocycles. The highest BCUT2D eigenvalue weighted by atomic mass is 35.5. The molecule has 1 aliphatic carbocycles. The molecule has 1 amide bonds. The monoisotopic (exact) mass is 507 g/mol. The van der Waals surface area contributed by atoms with Crippen LogP contribution in [0.25, 0.3) is 0 Å². The van der Waals surface area contributed by atoms with E-state index in [1.54, 1.807) is 18.2 Å². The van der Waals surface area contributed by atoms with Crippen molar-refractivity contribution in [1.29, 1.82) is 5.26 Å². The van der Waals surface area contributed by atoms with Gasteiger partial charge in [-0.3, -0.25) is 9.59 Å². The van der Waals surface area contributed by atoms with Crippen molar-refractivity contribution in [3.8, 4) is 11.8 Å². The molecule has 6 nitrogen and oxygen atoms in total. The highest BCUT2D eigenvalue weighted by Crippen LogP contribution is 2.46. The number of ether oxygens (including phenoxy) is 1. The van der Waals surface area contributed by atoms with Crippen LogP contribution in [0.3, 0.4) is 0 Å². The Hall–Kier alpha value is -3.21. The zero-order valence-corrected chi connectivity index (χ0v) is 21.2. The fraction of sp³-hybridized carbons (Fsp3) is 0.296. The summed E-state index contributed by atoms with van der Waals surface area (Å²) in [4.78, 5) is 25.8. The van der Waals surface area contributed by atoms with Gasteiger partial charge in [0.05, 0.1) is 34.9 Å². The molecule has 2 aromatic rings. The molecule has 2 N–H and O–H groups in total. The van der Waals surface area contributed by atoms with Crippen LogP contribution in [-0.4, -0.2) is 24.1 Å². The Bertz CT molecular complexity index is 1280. The first kappa shape index (κ1) is 24.9. The summed E-state index contributed by atoms with van der Waals surface area (Å²) >= 11 is 7.42. The van der Waals surface area contributed by atoms with Gasteiger partial charge in [-0.15, -0.1) is 0 Å². The SMILES string of the molecule is CCOc1ccccc1[C@H]1C(C#N)=C(SCC(=O)Nc2cccc(Cl)c2C)NC2=C1C(=O)CCC2.